The van der Waals surface area contributed by atoms with Crippen LogP contribution in [0.25, 0.3) is 166 Å². The highest BCUT2D eigenvalue weighted by Gasteiger charge is 2.29. The Morgan fingerprint density at radius 3 is 0.514 bits per heavy atom. The Kier molecular flexibility index (Phi) is 7.88. The number of fused-ring (bicyclic) bond motifs is 12. The average molecular weight is 925 g/mol. The number of aromatic amines is 6. The molecule has 16 aromatic rings. The molecular formula is C60H36N12. The number of benzene rings is 7. The van der Waals surface area contributed by atoms with Crippen molar-refractivity contribution in [1.82, 2.24) is 59.8 Å². The van der Waals surface area contributed by atoms with Gasteiger partial charge in [0.25, 0.3) is 0 Å². The Balaban J connectivity index is 1.13. The second-order valence-electron chi connectivity index (χ2n) is 18.3. The zero-order valence-electron chi connectivity index (χ0n) is 38.0. The summed E-state index contributed by atoms with van der Waals surface area (Å²) < 4.78 is 0. The van der Waals surface area contributed by atoms with Gasteiger partial charge in [-0.3, -0.25) is 0 Å². The molecule has 9 aromatic heterocycles. The zero-order valence-corrected chi connectivity index (χ0v) is 38.0. The number of nitrogens with one attached hydrogen (secondary N) is 6. The van der Waals surface area contributed by atoms with Gasteiger partial charge >= 0.3 is 0 Å². The summed E-state index contributed by atoms with van der Waals surface area (Å²) in [5.41, 5.74) is 18.9. The molecule has 9 heterocycles. The summed E-state index contributed by atoms with van der Waals surface area (Å²) in [6.07, 6.45) is 12.2. The van der Waals surface area contributed by atoms with Crippen molar-refractivity contribution in [2.45, 2.75) is 0 Å². The zero-order chi connectivity index (χ0) is 47.0. The number of hydrogen-bond acceptors (Lipinski definition) is 6. The van der Waals surface area contributed by atoms with E-state index in [0.29, 0.717) is 67.3 Å². The molecule has 0 bridgehead atoms. The summed E-state index contributed by atoms with van der Waals surface area (Å²) in [5, 5.41) is 6.14. The van der Waals surface area contributed by atoms with E-state index in [-0.39, 0.29) is 0 Å². The summed E-state index contributed by atoms with van der Waals surface area (Å²) in [5.74, 6) is 0. The first-order valence-corrected chi connectivity index (χ1v) is 23.9. The summed E-state index contributed by atoms with van der Waals surface area (Å²) in [6.45, 7) is 0. The predicted octanol–water partition coefficient (Wildman–Crippen LogP) is 14.4. The lowest BCUT2D eigenvalue weighted by atomic mass is 10.00. The van der Waals surface area contributed by atoms with Crippen LogP contribution in [0.5, 0.6) is 0 Å². The molecule has 0 radical (unpaired) electrons. The fourth-order valence-electron chi connectivity index (χ4n) is 11.0. The van der Waals surface area contributed by atoms with E-state index < -0.39 is 0 Å². The van der Waals surface area contributed by atoms with Crippen molar-refractivity contribution in [3.63, 3.8) is 0 Å². The molecule has 0 saturated heterocycles. The first-order valence-electron chi connectivity index (χ1n) is 23.9. The Hall–Kier alpha value is -10.2. The monoisotopic (exact) mass is 924 g/mol. The van der Waals surface area contributed by atoms with E-state index in [1.807, 2.05) is 73.6 Å². The fourth-order valence-corrected chi connectivity index (χ4v) is 11.0. The van der Waals surface area contributed by atoms with Gasteiger partial charge in [0.15, 0.2) is 0 Å². The van der Waals surface area contributed by atoms with Gasteiger partial charge in [0, 0.05) is 136 Å². The highest BCUT2D eigenvalue weighted by molar-refractivity contribution is 6.22. The van der Waals surface area contributed by atoms with Gasteiger partial charge in [-0.15, -0.1) is 0 Å². The number of nitrogens with zero attached hydrogens (tertiary/aromatic N) is 6. The van der Waals surface area contributed by atoms with Crippen LogP contribution in [0, 0.1) is 0 Å². The van der Waals surface area contributed by atoms with Crippen LogP contribution >= 0.6 is 0 Å². The molecule has 0 aliphatic heterocycles. The van der Waals surface area contributed by atoms with Gasteiger partial charge in [-0.2, -0.15) is 0 Å². The smallest absolute Gasteiger partial charge is 0.120 e. The van der Waals surface area contributed by atoms with Crippen molar-refractivity contribution in [3.8, 4) is 67.5 Å². The lowest BCUT2D eigenvalue weighted by Gasteiger charge is -2.16. The summed E-state index contributed by atoms with van der Waals surface area (Å²) in [6, 6.07) is 49.8. The van der Waals surface area contributed by atoms with E-state index >= 15 is 0 Å². The molecule has 0 aliphatic rings. The van der Waals surface area contributed by atoms with Crippen LogP contribution in [-0.4, -0.2) is 59.8 Å². The van der Waals surface area contributed by atoms with E-state index in [1.54, 1.807) is 0 Å². The largest absolute Gasteiger partial charge is 0.360 e. The molecule has 12 nitrogen and oxygen atoms in total. The number of hydrogen-bond donors (Lipinski definition) is 6. The van der Waals surface area contributed by atoms with Crippen molar-refractivity contribution in [2.24, 2.45) is 0 Å². The lowest BCUT2D eigenvalue weighted by Crippen LogP contribution is -2.04. The molecule has 7 aromatic carbocycles. The molecule has 336 valence electrons. The first kappa shape index (κ1) is 38.7. The molecule has 0 atom stereocenters. The molecule has 0 saturated carbocycles. The summed E-state index contributed by atoms with van der Waals surface area (Å²) in [4.78, 5) is 56.0. The van der Waals surface area contributed by atoms with Crippen LogP contribution in [0.15, 0.2) is 183 Å². The third-order valence-electron chi connectivity index (χ3n) is 14.4. The summed E-state index contributed by atoms with van der Waals surface area (Å²) >= 11 is 0. The number of rotatable bonds is 6. The van der Waals surface area contributed by atoms with Gasteiger partial charge in [-0.1, -0.05) is 109 Å². The van der Waals surface area contributed by atoms with E-state index in [9.17, 15) is 0 Å². The molecule has 6 N–H and O–H groups in total. The maximum absolute atomic E-state index is 5.80. The predicted molar refractivity (Wildman–Crippen MR) is 289 cm³/mol. The number of para-hydroxylation sites is 6. The minimum atomic E-state index is 0.555. The van der Waals surface area contributed by atoms with Gasteiger partial charge in [-0.05, 0) is 36.4 Å². The standard InChI is InChI=1S/C60H36N12/c1-7-19-43-31(13-1)37(25-61-43)49-50(38-26-62-44-20-8-2-14-32(38)44)68-56-55(67-49)57-59(71-52(40-28-64-46-22-10-4-16-34(40)46)51(69-57)39-27-63-45-21-9-3-15-33(39)45)60-58(56)70-53(41-29-65-47-23-11-5-17-35(41)47)54(72-60)42-30-66-48-24-12-6-18-36(42)48/h1-30,61-66H. The Morgan fingerprint density at radius 1 is 0.194 bits per heavy atom. The maximum Gasteiger partial charge on any atom is 0.120 e. The van der Waals surface area contributed by atoms with E-state index in [0.717, 1.165) is 98.8 Å². The molecule has 0 amide bonds. The van der Waals surface area contributed by atoms with Crippen molar-refractivity contribution in [1.29, 1.82) is 0 Å². The van der Waals surface area contributed by atoms with Crippen LogP contribution in [-0.2, 0) is 0 Å². The van der Waals surface area contributed by atoms with Crippen LogP contribution < -0.4 is 0 Å². The maximum atomic E-state index is 5.80. The highest BCUT2D eigenvalue weighted by Crippen LogP contribution is 2.46. The SMILES string of the molecule is c1ccc2c(-c3nc4c5nc(-c6c[nH]c7ccccc67)c(-c6c[nH]c7ccccc67)nc5c5nc(-c6c[nH]c7ccccc67)c(-c6c[nH]c7ccccc67)nc5c4nc3-c3c[nH]c4ccccc34)c[nH]c2c1. The van der Waals surface area contributed by atoms with Crippen molar-refractivity contribution in [3.05, 3.63) is 183 Å². The quantitative estimate of drug-likeness (QED) is 0.0906. The molecule has 0 spiro atoms. The highest BCUT2D eigenvalue weighted by atomic mass is 15.0. The van der Waals surface area contributed by atoms with Crippen LogP contribution in [0.2, 0.25) is 0 Å². The van der Waals surface area contributed by atoms with E-state index in [4.69, 9.17) is 29.9 Å². The van der Waals surface area contributed by atoms with Gasteiger partial charge < -0.3 is 29.9 Å². The van der Waals surface area contributed by atoms with Gasteiger partial charge in [0.05, 0.1) is 34.2 Å². The minimum Gasteiger partial charge on any atom is -0.360 e. The van der Waals surface area contributed by atoms with Gasteiger partial charge in [0.1, 0.15) is 33.1 Å². The minimum absolute atomic E-state index is 0.555. The number of aromatic nitrogens is 12. The topological polar surface area (TPSA) is 172 Å². The fraction of sp³-hybridized carbons (Fsp3) is 0. The second kappa shape index (κ2) is 14.7. The average Bonchev–Trinajstić information content (AvgIpc) is 4.32. The van der Waals surface area contributed by atoms with Crippen molar-refractivity contribution >= 4 is 98.5 Å². The molecule has 12 heteroatoms. The normalized spacial score (nSPS) is 12.2. The lowest BCUT2D eigenvalue weighted by molar-refractivity contribution is 1.25. The Labute approximate surface area is 406 Å². The van der Waals surface area contributed by atoms with Crippen LogP contribution in [0.1, 0.15) is 0 Å². The molecular weight excluding hydrogens is 889 g/mol. The summed E-state index contributed by atoms with van der Waals surface area (Å²) in [7, 11) is 0. The van der Waals surface area contributed by atoms with Gasteiger partial charge in [-0.25, -0.2) is 29.9 Å². The molecule has 0 aliphatic carbocycles. The van der Waals surface area contributed by atoms with E-state index in [1.165, 1.54) is 0 Å². The van der Waals surface area contributed by atoms with Crippen molar-refractivity contribution in [2.75, 3.05) is 0 Å². The van der Waals surface area contributed by atoms with Crippen molar-refractivity contribution < 1.29 is 0 Å². The third-order valence-corrected chi connectivity index (χ3v) is 14.4. The first-order chi connectivity index (χ1) is 35.7. The van der Waals surface area contributed by atoms with Gasteiger partial charge in [0.2, 0.25) is 0 Å². The second-order valence-corrected chi connectivity index (χ2v) is 18.3. The number of H-pyrrole nitrogens is 6. The van der Waals surface area contributed by atoms with Crippen LogP contribution in [0.3, 0.4) is 0 Å². The van der Waals surface area contributed by atoms with Crippen LogP contribution in [0.4, 0.5) is 0 Å². The molecule has 0 fully saturated rings. The third kappa shape index (κ3) is 5.50. The Bertz CT molecular complexity index is 4080. The molecule has 72 heavy (non-hydrogen) atoms. The van der Waals surface area contributed by atoms with E-state index in [2.05, 4.69) is 139 Å². The molecule has 16 rings (SSSR count). The molecule has 0 unspecified atom stereocenters. The Morgan fingerprint density at radius 2 is 0.347 bits per heavy atom.